The van der Waals surface area contributed by atoms with Crippen LogP contribution in [-0.2, 0) is 39.6 Å². The Labute approximate surface area is 481 Å². The molecule has 0 aliphatic carbocycles. The molecule has 4 aromatic rings. The van der Waals surface area contributed by atoms with Gasteiger partial charge in [-0.2, -0.15) is 0 Å². The SMILES string of the molecule is Cc1cc(C)c(C(=NC(C)C)[N-]C(C)C)c(C)c1.Cc1cc(C)c(C(=NC(C)C)[N-]C(C)C)c(C)c1.Cc1cc(C)c(C(=NC(C)C)[N-]C(C)C)c(C)c1.Cc1cc(C)c(C(=NC(C)C)[N-]C(C)C)c(C)c1.[Fe+3].[Fe+3].[O-2]. The summed E-state index contributed by atoms with van der Waals surface area (Å²) in [5.41, 5.74) is 20.0. The number of nitrogens with zero attached hydrogens (tertiary/aromatic N) is 8. The number of hydrogen-bond donors (Lipinski definition) is 0. The fourth-order valence-electron chi connectivity index (χ4n) is 8.74. The van der Waals surface area contributed by atoms with Gasteiger partial charge in [-0.15, -0.1) is 0 Å². The molecule has 0 saturated heterocycles. The fourth-order valence-corrected chi connectivity index (χ4v) is 8.74. The molecule has 0 amide bonds. The summed E-state index contributed by atoms with van der Waals surface area (Å²) in [5.74, 6) is 3.59. The minimum Gasteiger partial charge on any atom is -2.00 e. The van der Waals surface area contributed by atoms with Crippen molar-refractivity contribution in [3.63, 3.8) is 0 Å². The Morgan fingerprint density at radius 2 is 0.387 bits per heavy atom. The van der Waals surface area contributed by atoms with Crippen molar-refractivity contribution in [1.29, 1.82) is 0 Å². The summed E-state index contributed by atoms with van der Waals surface area (Å²) in [6, 6.07) is 19.7. The van der Waals surface area contributed by atoms with E-state index in [-0.39, 0.29) is 87.9 Å². The second kappa shape index (κ2) is 36.0. The monoisotopic (exact) mass is 1110 g/mol. The molecule has 0 N–H and O–H groups in total. The number of aliphatic imine (C=N–C) groups is 4. The molecular weight excluding hydrogens is 1010 g/mol. The van der Waals surface area contributed by atoms with Crippen molar-refractivity contribution in [1.82, 2.24) is 0 Å². The zero-order valence-corrected chi connectivity index (χ0v) is 54.1. The summed E-state index contributed by atoms with van der Waals surface area (Å²) in [4.78, 5) is 18.8. The molecule has 0 bridgehead atoms. The topological polar surface area (TPSA) is 134 Å². The second-order valence-electron chi connectivity index (χ2n) is 22.2. The van der Waals surface area contributed by atoms with E-state index < -0.39 is 0 Å². The number of hydrogen-bond acceptors (Lipinski definition) is 4. The van der Waals surface area contributed by atoms with Crippen molar-refractivity contribution in [3.8, 4) is 0 Å². The summed E-state index contributed by atoms with van der Waals surface area (Å²) < 4.78 is 0. The summed E-state index contributed by atoms with van der Waals surface area (Å²) in [6.45, 7) is 59.1. The van der Waals surface area contributed by atoms with E-state index in [1.807, 2.05) is 0 Å². The van der Waals surface area contributed by atoms with Crippen LogP contribution in [0.15, 0.2) is 68.5 Å². The molecule has 0 aliphatic rings. The third kappa shape index (κ3) is 27.6. The largest absolute Gasteiger partial charge is 3.00 e. The van der Waals surface area contributed by atoms with Crippen LogP contribution in [0, 0.1) is 83.1 Å². The van der Waals surface area contributed by atoms with Crippen molar-refractivity contribution in [2.45, 2.75) is 242 Å². The first kappa shape index (κ1) is 75.0. The predicted molar refractivity (Wildman–Crippen MR) is 324 cm³/mol. The van der Waals surface area contributed by atoms with E-state index in [9.17, 15) is 0 Å². The van der Waals surface area contributed by atoms with Crippen LogP contribution in [0.25, 0.3) is 21.3 Å². The Morgan fingerprint density at radius 3 is 0.480 bits per heavy atom. The summed E-state index contributed by atoms with van der Waals surface area (Å²) in [6.07, 6.45) is 0. The van der Waals surface area contributed by atoms with E-state index in [4.69, 9.17) is 0 Å². The van der Waals surface area contributed by atoms with E-state index in [0.717, 1.165) is 23.3 Å². The molecule has 4 rings (SSSR count). The Bertz CT molecular complexity index is 2040. The fraction of sp³-hybridized carbons (Fsp3) is 0.562. The molecule has 2 radical (unpaired) electrons. The molecule has 11 heteroatoms. The molecule has 0 aliphatic heterocycles. The maximum absolute atomic E-state index is 4.69. The molecule has 0 saturated carbocycles. The van der Waals surface area contributed by atoms with Crippen molar-refractivity contribution in [3.05, 3.63) is 159 Å². The van der Waals surface area contributed by atoms with Crippen LogP contribution in [0.2, 0.25) is 0 Å². The molecule has 0 fully saturated rings. The quantitative estimate of drug-likeness (QED) is 0.0759. The minimum atomic E-state index is 0. The van der Waals surface area contributed by atoms with Gasteiger partial charge in [0, 0.05) is 0 Å². The van der Waals surface area contributed by atoms with Crippen LogP contribution in [-0.4, -0.2) is 71.7 Å². The van der Waals surface area contributed by atoms with Crippen molar-refractivity contribution < 1.29 is 39.6 Å². The van der Waals surface area contributed by atoms with Gasteiger partial charge in [-0.3, -0.25) is 0 Å². The zero-order valence-electron chi connectivity index (χ0n) is 51.9. The summed E-state index contributed by atoms with van der Waals surface area (Å²) in [5, 5.41) is 18.8. The molecule has 75 heavy (non-hydrogen) atoms. The Kier molecular flexibility index (Phi) is 36.0. The molecule has 4 aromatic carbocycles. The first-order valence-electron chi connectivity index (χ1n) is 26.7. The van der Waals surface area contributed by atoms with Gasteiger partial charge in [0.15, 0.2) is 0 Å². The van der Waals surface area contributed by atoms with Gasteiger partial charge in [0.1, 0.15) is 0 Å². The zero-order chi connectivity index (χ0) is 55.5. The van der Waals surface area contributed by atoms with E-state index in [0.29, 0.717) is 0 Å². The smallest absolute Gasteiger partial charge is 2.00 e. The van der Waals surface area contributed by atoms with Gasteiger partial charge in [0.25, 0.3) is 0 Å². The molecule has 0 aromatic heterocycles. The van der Waals surface area contributed by atoms with Gasteiger partial charge in [0.2, 0.25) is 0 Å². The second-order valence-corrected chi connectivity index (χ2v) is 22.2. The van der Waals surface area contributed by atoms with Gasteiger partial charge in [-0.05, 0) is 198 Å². The predicted octanol–water partition coefficient (Wildman–Crippen LogP) is 18.1. The Hall–Kier alpha value is -4.24. The normalized spacial score (nSPS) is 11.9. The summed E-state index contributed by atoms with van der Waals surface area (Å²) >= 11 is 0. The van der Waals surface area contributed by atoms with Crippen LogP contribution >= 0.6 is 0 Å². The Morgan fingerprint density at radius 1 is 0.267 bits per heavy atom. The first-order chi connectivity index (χ1) is 33.2. The molecule has 0 heterocycles. The van der Waals surface area contributed by atoms with Crippen molar-refractivity contribution in [2.75, 3.05) is 0 Å². The number of benzene rings is 4. The minimum absolute atomic E-state index is 0. The van der Waals surface area contributed by atoms with Crippen LogP contribution in [0.4, 0.5) is 0 Å². The van der Waals surface area contributed by atoms with Crippen molar-refractivity contribution in [2.24, 2.45) is 20.0 Å². The molecule has 9 nitrogen and oxygen atoms in total. The Balaban J connectivity index is -0.000000909. The van der Waals surface area contributed by atoms with E-state index in [1.54, 1.807) is 0 Å². The standard InChI is InChI=1S/4C16H25N2.2Fe.O/c4*1-10(2)17-16(18-11(3)4)15-13(6)8-12(5)9-14(15)7;;;/h4*8-11H,1-7H3;;;/q4*-1;2*+3;-2. The molecular formula is C64H100Fe2N8O. The van der Waals surface area contributed by atoms with Crippen LogP contribution in [0.3, 0.4) is 0 Å². The molecule has 0 spiro atoms. The third-order valence-corrected chi connectivity index (χ3v) is 10.6. The molecule has 418 valence electrons. The molecule has 0 unspecified atom stereocenters. The number of rotatable bonds is 12. The van der Waals surface area contributed by atoms with E-state index >= 15 is 0 Å². The van der Waals surface area contributed by atoms with E-state index in [2.05, 4.69) is 284 Å². The van der Waals surface area contributed by atoms with Gasteiger partial charge >= 0.3 is 34.1 Å². The number of aryl methyl sites for hydroxylation is 12. The van der Waals surface area contributed by atoms with Crippen LogP contribution < -0.4 is 0 Å². The van der Waals surface area contributed by atoms with E-state index in [1.165, 1.54) is 89.0 Å². The average Bonchev–Trinajstić information content (AvgIpc) is 3.15. The third-order valence-electron chi connectivity index (χ3n) is 10.6. The number of amidine groups is 4. The average molecular weight is 1110 g/mol. The van der Waals surface area contributed by atoms with Gasteiger partial charge in [0.05, 0.1) is 0 Å². The van der Waals surface area contributed by atoms with Gasteiger partial charge in [-0.25, -0.2) is 0 Å². The molecule has 0 atom stereocenters. The maximum Gasteiger partial charge on any atom is 3.00 e. The van der Waals surface area contributed by atoms with Gasteiger partial charge < -0.3 is 46.7 Å². The van der Waals surface area contributed by atoms with Crippen molar-refractivity contribution >= 4 is 23.3 Å². The summed E-state index contributed by atoms with van der Waals surface area (Å²) in [7, 11) is 0. The first-order valence-corrected chi connectivity index (χ1v) is 26.7. The van der Waals surface area contributed by atoms with Crippen LogP contribution in [0.1, 0.15) is 200 Å². The van der Waals surface area contributed by atoms with Gasteiger partial charge in [-0.1, -0.05) is 205 Å². The maximum atomic E-state index is 4.69. The van der Waals surface area contributed by atoms with Crippen LogP contribution in [0.5, 0.6) is 0 Å².